The predicted octanol–water partition coefficient (Wildman–Crippen LogP) is 5.75. The van der Waals surface area contributed by atoms with Gasteiger partial charge in [0.1, 0.15) is 11.3 Å². The molecule has 2 aromatic heterocycles. The predicted molar refractivity (Wildman–Crippen MR) is 119 cm³/mol. The highest BCUT2D eigenvalue weighted by molar-refractivity contribution is 6.30. The molecule has 0 radical (unpaired) electrons. The lowest BCUT2D eigenvalue weighted by atomic mass is 10.0. The molecule has 1 aromatic carbocycles. The van der Waals surface area contributed by atoms with Gasteiger partial charge in [0.2, 0.25) is 0 Å². The van der Waals surface area contributed by atoms with Crippen molar-refractivity contribution in [2.45, 2.75) is 51.9 Å². The van der Waals surface area contributed by atoms with Gasteiger partial charge in [-0.15, -0.1) is 0 Å². The first-order valence-electron chi connectivity index (χ1n) is 10.7. The Morgan fingerprint density at radius 1 is 1.07 bits per heavy atom. The molecule has 0 saturated carbocycles. The van der Waals surface area contributed by atoms with E-state index in [-0.39, 0.29) is 5.78 Å². The third-order valence-electron chi connectivity index (χ3n) is 5.81. The van der Waals surface area contributed by atoms with Crippen LogP contribution in [0.15, 0.2) is 42.6 Å². The molecule has 152 valence electrons. The summed E-state index contributed by atoms with van der Waals surface area (Å²) >= 11 is 6.08. The van der Waals surface area contributed by atoms with Gasteiger partial charge in [-0.1, -0.05) is 43.5 Å². The van der Waals surface area contributed by atoms with Crippen molar-refractivity contribution >= 4 is 28.7 Å². The highest BCUT2D eigenvalue weighted by Crippen LogP contribution is 2.22. The maximum atomic E-state index is 13.0. The fraction of sp³-hybridized carbons (Fsp3) is 0.417. The number of rotatable bonds is 6. The first-order valence-corrected chi connectivity index (χ1v) is 11.1. The van der Waals surface area contributed by atoms with Gasteiger partial charge in [-0.3, -0.25) is 9.20 Å². The van der Waals surface area contributed by atoms with Gasteiger partial charge in [0.05, 0.1) is 5.69 Å². The van der Waals surface area contributed by atoms with Crippen LogP contribution in [0.3, 0.4) is 0 Å². The van der Waals surface area contributed by atoms with Crippen molar-refractivity contribution in [2.24, 2.45) is 0 Å². The van der Waals surface area contributed by atoms with E-state index in [0.29, 0.717) is 17.1 Å². The van der Waals surface area contributed by atoms with Crippen molar-refractivity contribution < 1.29 is 4.79 Å². The second-order valence-electron chi connectivity index (χ2n) is 7.82. The molecule has 4 rings (SSSR count). The van der Waals surface area contributed by atoms with E-state index in [1.165, 1.54) is 36.9 Å². The SMILES string of the molecule is CCc1nc2cc(Cl)ccn2c1C(=O)CCc1ccc(N2CCCCCC2)cc1. The van der Waals surface area contributed by atoms with Crippen LogP contribution < -0.4 is 4.90 Å². The van der Waals surface area contributed by atoms with Crippen molar-refractivity contribution in [3.05, 3.63) is 64.6 Å². The number of fused-ring (bicyclic) bond motifs is 1. The molecule has 1 aliphatic rings. The van der Waals surface area contributed by atoms with Gasteiger partial charge in [-0.25, -0.2) is 4.98 Å². The summed E-state index contributed by atoms with van der Waals surface area (Å²) in [6, 6.07) is 12.4. The van der Waals surface area contributed by atoms with Gasteiger partial charge in [-0.2, -0.15) is 0 Å². The summed E-state index contributed by atoms with van der Waals surface area (Å²) in [5.41, 5.74) is 4.77. The van der Waals surface area contributed by atoms with Crippen LogP contribution in [0.1, 0.15) is 60.8 Å². The number of anilines is 1. The van der Waals surface area contributed by atoms with Crippen LogP contribution in [0.4, 0.5) is 5.69 Å². The summed E-state index contributed by atoms with van der Waals surface area (Å²) in [6.45, 7) is 4.33. The molecule has 1 saturated heterocycles. The van der Waals surface area contributed by atoms with E-state index in [2.05, 4.69) is 34.1 Å². The molecule has 29 heavy (non-hydrogen) atoms. The standard InChI is InChI=1S/C24H28ClN3O/c1-2-21-24(28-16-13-19(25)17-23(28)26-21)22(29)12-9-18-7-10-20(11-8-18)27-14-5-3-4-6-15-27/h7-8,10-11,13,16-17H,2-6,9,12,14-15H2,1H3. The van der Waals surface area contributed by atoms with Crippen LogP contribution in [0, 0.1) is 0 Å². The molecular formula is C24H28ClN3O. The fourth-order valence-corrected chi connectivity index (χ4v) is 4.34. The smallest absolute Gasteiger partial charge is 0.181 e. The Kier molecular flexibility index (Phi) is 6.19. The lowest BCUT2D eigenvalue weighted by Crippen LogP contribution is -2.23. The quantitative estimate of drug-likeness (QED) is 0.486. The number of benzene rings is 1. The number of carbonyl (C=O) groups is 1. The number of Topliss-reactive ketones (excluding diaryl/α,β-unsaturated/α-hetero) is 1. The maximum Gasteiger partial charge on any atom is 0.181 e. The molecule has 1 fully saturated rings. The van der Waals surface area contributed by atoms with Crippen LogP contribution in [0.25, 0.3) is 5.65 Å². The Morgan fingerprint density at radius 2 is 1.79 bits per heavy atom. The third kappa shape index (κ3) is 4.48. The van der Waals surface area contributed by atoms with Crippen molar-refractivity contribution in [3.8, 4) is 0 Å². The Hall–Kier alpha value is -2.33. The number of aryl methyl sites for hydroxylation is 2. The Balaban J connectivity index is 1.45. The molecule has 0 atom stereocenters. The number of nitrogens with zero attached hydrogens (tertiary/aromatic N) is 3. The minimum absolute atomic E-state index is 0.133. The molecule has 4 nitrogen and oxygen atoms in total. The Morgan fingerprint density at radius 3 is 2.48 bits per heavy atom. The van der Waals surface area contributed by atoms with Gasteiger partial charge >= 0.3 is 0 Å². The van der Waals surface area contributed by atoms with Crippen molar-refractivity contribution in [1.82, 2.24) is 9.38 Å². The first kappa shape index (κ1) is 20.0. The molecule has 1 aliphatic heterocycles. The minimum Gasteiger partial charge on any atom is -0.372 e. The summed E-state index contributed by atoms with van der Waals surface area (Å²) in [7, 11) is 0. The van der Waals surface area contributed by atoms with Crippen molar-refractivity contribution in [2.75, 3.05) is 18.0 Å². The van der Waals surface area contributed by atoms with Gasteiger partial charge in [0.15, 0.2) is 5.78 Å². The number of carbonyl (C=O) groups excluding carboxylic acids is 1. The molecule has 3 heterocycles. The second-order valence-corrected chi connectivity index (χ2v) is 8.26. The summed E-state index contributed by atoms with van der Waals surface area (Å²) < 4.78 is 1.87. The second kappa shape index (κ2) is 9.00. The van der Waals surface area contributed by atoms with Gasteiger partial charge in [0, 0.05) is 42.5 Å². The topological polar surface area (TPSA) is 37.6 Å². The van der Waals surface area contributed by atoms with E-state index in [0.717, 1.165) is 37.3 Å². The number of ketones is 1. The highest BCUT2D eigenvalue weighted by Gasteiger charge is 2.18. The van der Waals surface area contributed by atoms with Gasteiger partial charge in [0.25, 0.3) is 0 Å². The largest absolute Gasteiger partial charge is 0.372 e. The number of aromatic nitrogens is 2. The molecule has 0 spiro atoms. The lowest BCUT2D eigenvalue weighted by molar-refractivity contribution is 0.0976. The van der Waals surface area contributed by atoms with E-state index in [1.807, 2.05) is 17.5 Å². The molecule has 0 amide bonds. The fourth-order valence-electron chi connectivity index (χ4n) is 4.19. The molecule has 0 bridgehead atoms. The van der Waals surface area contributed by atoms with Crippen molar-refractivity contribution in [1.29, 1.82) is 0 Å². The van der Waals surface area contributed by atoms with Gasteiger partial charge < -0.3 is 4.90 Å². The summed E-state index contributed by atoms with van der Waals surface area (Å²) in [5.74, 6) is 0.133. The Bertz CT molecular complexity index is 985. The monoisotopic (exact) mass is 409 g/mol. The average molecular weight is 410 g/mol. The van der Waals surface area contributed by atoms with Gasteiger partial charge in [-0.05, 0) is 49.4 Å². The maximum absolute atomic E-state index is 13.0. The minimum atomic E-state index is 0.133. The zero-order valence-electron chi connectivity index (χ0n) is 17.0. The Labute approximate surface area is 177 Å². The van der Waals surface area contributed by atoms with Crippen LogP contribution >= 0.6 is 11.6 Å². The van der Waals surface area contributed by atoms with Crippen LogP contribution in [-0.2, 0) is 12.8 Å². The normalized spacial score (nSPS) is 14.9. The first-order chi connectivity index (χ1) is 14.2. The number of pyridine rings is 1. The third-order valence-corrected chi connectivity index (χ3v) is 6.04. The van der Waals surface area contributed by atoms with Crippen LogP contribution in [0.5, 0.6) is 0 Å². The molecule has 5 heteroatoms. The van der Waals surface area contributed by atoms with Crippen LogP contribution in [-0.4, -0.2) is 28.3 Å². The zero-order valence-corrected chi connectivity index (χ0v) is 17.8. The summed E-state index contributed by atoms with van der Waals surface area (Å²) in [6.07, 6.45) is 9.02. The molecule has 0 N–H and O–H groups in total. The molecule has 0 aliphatic carbocycles. The van der Waals surface area contributed by atoms with Crippen LogP contribution in [0.2, 0.25) is 5.02 Å². The van der Waals surface area contributed by atoms with Crippen molar-refractivity contribution in [3.63, 3.8) is 0 Å². The summed E-state index contributed by atoms with van der Waals surface area (Å²) in [5, 5.41) is 0.633. The number of hydrogen-bond acceptors (Lipinski definition) is 3. The number of imidazole rings is 1. The lowest BCUT2D eigenvalue weighted by Gasteiger charge is -2.22. The molecule has 3 aromatic rings. The zero-order chi connectivity index (χ0) is 20.2. The summed E-state index contributed by atoms with van der Waals surface area (Å²) in [4.78, 5) is 20.1. The highest BCUT2D eigenvalue weighted by atomic mass is 35.5. The molecule has 0 unspecified atom stereocenters. The molecular weight excluding hydrogens is 382 g/mol. The van der Waals surface area contributed by atoms with E-state index in [4.69, 9.17) is 11.6 Å². The van der Waals surface area contributed by atoms with E-state index >= 15 is 0 Å². The van der Waals surface area contributed by atoms with E-state index in [9.17, 15) is 4.79 Å². The van der Waals surface area contributed by atoms with E-state index < -0.39 is 0 Å². The average Bonchev–Trinajstić information content (AvgIpc) is 2.89. The number of hydrogen-bond donors (Lipinski definition) is 0. The van der Waals surface area contributed by atoms with E-state index in [1.54, 1.807) is 12.1 Å². The number of halogens is 1.